The molecular formula is C17H25N3O. The van der Waals surface area contributed by atoms with Gasteiger partial charge in [-0.1, -0.05) is 0 Å². The predicted molar refractivity (Wildman–Crippen MR) is 86.5 cm³/mol. The summed E-state index contributed by atoms with van der Waals surface area (Å²) in [6, 6.07) is 5.68. The SMILES string of the molecule is CN(C)C(=O)c1ccc(N)c(N(CC2CC2)CC2CC2)c1. The molecule has 2 N–H and O–H groups in total. The van der Waals surface area contributed by atoms with Gasteiger partial charge in [0, 0.05) is 32.7 Å². The molecular weight excluding hydrogens is 262 g/mol. The average Bonchev–Trinajstić information content (AvgIpc) is 3.33. The van der Waals surface area contributed by atoms with Gasteiger partial charge in [0.25, 0.3) is 5.91 Å². The zero-order valence-corrected chi connectivity index (χ0v) is 13.0. The number of hydrogen-bond acceptors (Lipinski definition) is 3. The number of rotatable bonds is 6. The molecule has 0 heterocycles. The van der Waals surface area contributed by atoms with Crippen molar-refractivity contribution < 1.29 is 4.79 Å². The summed E-state index contributed by atoms with van der Waals surface area (Å²) >= 11 is 0. The van der Waals surface area contributed by atoms with Gasteiger partial charge in [-0.2, -0.15) is 0 Å². The summed E-state index contributed by atoms with van der Waals surface area (Å²) in [5, 5.41) is 0. The Balaban J connectivity index is 1.85. The summed E-state index contributed by atoms with van der Waals surface area (Å²) in [5.41, 5.74) is 8.74. The Morgan fingerprint density at radius 1 is 1.14 bits per heavy atom. The number of nitrogen functional groups attached to an aromatic ring is 1. The van der Waals surface area contributed by atoms with Crippen LogP contribution in [0.2, 0.25) is 0 Å². The van der Waals surface area contributed by atoms with Gasteiger partial charge in [0.1, 0.15) is 0 Å². The third kappa shape index (κ3) is 3.49. The summed E-state index contributed by atoms with van der Waals surface area (Å²) < 4.78 is 0. The Morgan fingerprint density at radius 2 is 1.71 bits per heavy atom. The van der Waals surface area contributed by atoms with Gasteiger partial charge in [-0.3, -0.25) is 4.79 Å². The number of nitrogens with two attached hydrogens (primary N) is 1. The first-order chi connectivity index (χ1) is 10.0. The molecule has 0 atom stereocenters. The monoisotopic (exact) mass is 287 g/mol. The van der Waals surface area contributed by atoms with Crippen molar-refractivity contribution in [3.05, 3.63) is 23.8 Å². The molecule has 1 amide bonds. The maximum atomic E-state index is 12.2. The van der Waals surface area contributed by atoms with Crippen LogP contribution in [0.5, 0.6) is 0 Å². The van der Waals surface area contributed by atoms with Gasteiger partial charge < -0.3 is 15.5 Å². The molecule has 2 aliphatic rings. The lowest BCUT2D eigenvalue weighted by Gasteiger charge is -2.27. The van der Waals surface area contributed by atoms with E-state index in [1.165, 1.54) is 25.7 Å². The quantitative estimate of drug-likeness (QED) is 0.818. The number of anilines is 2. The second-order valence-electron chi connectivity index (χ2n) is 6.76. The first-order valence-corrected chi connectivity index (χ1v) is 7.90. The Kier molecular flexibility index (Phi) is 3.79. The maximum absolute atomic E-state index is 12.2. The molecule has 0 aromatic heterocycles. The van der Waals surface area contributed by atoms with Gasteiger partial charge >= 0.3 is 0 Å². The predicted octanol–water partition coefficient (Wildman–Crippen LogP) is 2.60. The highest BCUT2D eigenvalue weighted by molar-refractivity contribution is 5.96. The Bertz CT molecular complexity index is 519. The van der Waals surface area contributed by atoms with E-state index in [2.05, 4.69) is 4.90 Å². The van der Waals surface area contributed by atoms with Crippen LogP contribution in [0.3, 0.4) is 0 Å². The van der Waals surface area contributed by atoms with Crippen molar-refractivity contribution >= 4 is 17.3 Å². The number of benzene rings is 1. The van der Waals surface area contributed by atoms with Crippen LogP contribution in [0, 0.1) is 11.8 Å². The molecule has 4 heteroatoms. The van der Waals surface area contributed by atoms with Gasteiger partial charge in [0.15, 0.2) is 0 Å². The minimum atomic E-state index is 0.0362. The number of amides is 1. The maximum Gasteiger partial charge on any atom is 0.253 e. The molecule has 4 nitrogen and oxygen atoms in total. The molecule has 1 aromatic carbocycles. The molecule has 1 aromatic rings. The fourth-order valence-corrected chi connectivity index (χ4v) is 2.70. The van der Waals surface area contributed by atoms with E-state index in [0.717, 1.165) is 41.9 Å². The average molecular weight is 287 g/mol. The van der Waals surface area contributed by atoms with Crippen LogP contribution in [0.15, 0.2) is 18.2 Å². The molecule has 0 unspecified atom stereocenters. The van der Waals surface area contributed by atoms with Crippen LogP contribution in [-0.4, -0.2) is 38.0 Å². The molecule has 2 aliphatic carbocycles. The van der Waals surface area contributed by atoms with E-state index in [9.17, 15) is 4.79 Å². The zero-order chi connectivity index (χ0) is 15.0. The highest BCUT2D eigenvalue weighted by atomic mass is 16.2. The Hall–Kier alpha value is -1.71. The summed E-state index contributed by atoms with van der Waals surface area (Å²) in [4.78, 5) is 16.2. The molecule has 2 fully saturated rings. The summed E-state index contributed by atoms with van der Waals surface area (Å²) in [6.45, 7) is 2.17. The van der Waals surface area contributed by atoms with Crippen molar-refractivity contribution in [1.82, 2.24) is 4.90 Å². The number of nitrogens with zero attached hydrogens (tertiary/aromatic N) is 2. The lowest BCUT2D eigenvalue weighted by molar-refractivity contribution is 0.0827. The topological polar surface area (TPSA) is 49.6 Å². The van der Waals surface area contributed by atoms with Crippen molar-refractivity contribution in [2.24, 2.45) is 11.8 Å². The van der Waals surface area contributed by atoms with Crippen molar-refractivity contribution in [2.75, 3.05) is 37.8 Å². The van der Waals surface area contributed by atoms with Gasteiger partial charge in [-0.15, -0.1) is 0 Å². The summed E-state index contributed by atoms with van der Waals surface area (Å²) in [7, 11) is 3.56. The minimum Gasteiger partial charge on any atom is -0.397 e. The van der Waals surface area contributed by atoms with E-state index in [1.54, 1.807) is 19.0 Å². The second-order valence-corrected chi connectivity index (χ2v) is 6.76. The highest BCUT2D eigenvalue weighted by Crippen LogP contribution is 2.37. The summed E-state index contributed by atoms with van der Waals surface area (Å²) in [5.74, 6) is 1.67. The third-order valence-electron chi connectivity index (χ3n) is 4.38. The minimum absolute atomic E-state index is 0.0362. The Labute approximate surface area is 126 Å². The van der Waals surface area contributed by atoms with E-state index < -0.39 is 0 Å². The van der Waals surface area contributed by atoms with Gasteiger partial charge in [-0.05, 0) is 55.7 Å². The highest BCUT2D eigenvalue weighted by Gasteiger charge is 2.30. The van der Waals surface area contributed by atoms with Crippen molar-refractivity contribution in [3.63, 3.8) is 0 Å². The van der Waals surface area contributed by atoms with Crippen molar-refractivity contribution in [1.29, 1.82) is 0 Å². The van der Waals surface area contributed by atoms with Crippen LogP contribution in [-0.2, 0) is 0 Å². The van der Waals surface area contributed by atoms with E-state index in [1.807, 2.05) is 18.2 Å². The number of hydrogen-bond donors (Lipinski definition) is 1. The van der Waals surface area contributed by atoms with Crippen LogP contribution in [0.25, 0.3) is 0 Å². The van der Waals surface area contributed by atoms with Gasteiger partial charge in [-0.25, -0.2) is 0 Å². The van der Waals surface area contributed by atoms with E-state index >= 15 is 0 Å². The fourth-order valence-electron chi connectivity index (χ4n) is 2.70. The van der Waals surface area contributed by atoms with Gasteiger partial charge in [0.2, 0.25) is 0 Å². The molecule has 21 heavy (non-hydrogen) atoms. The van der Waals surface area contributed by atoms with Crippen molar-refractivity contribution in [3.8, 4) is 0 Å². The molecule has 0 saturated heterocycles. The second kappa shape index (κ2) is 5.58. The third-order valence-corrected chi connectivity index (χ3v) is 4.38. The van der Waals surface area contributed by atoms with Crippen molar-refractivity contribution in [2.45, 2.75) is 25.7 Å². The van der Waals surface area contributed by atoms with Crippen LogP contribution < -0.4 is 10.6 Å². The van der Waals surface area contributed by atoms with E-state index in [4.69, 9.17) is 5.73 Å². The van der Waals surface area contributed by atoms with E-state index in [-0.39, 0.29) is 5.91 Å². The fraction of sp³-hybridized carbons (Fsp3) is 0.588. The first-order valence-electron chi connectivity index (χ1n) is 7.90. The molecule has 0 radical (unpaired) electrons. The first kappa shape index (κ1) is 14.2. The lowest BCUT2D eigenvalue weighted by Crippen LogP contribution is -2.29. The standard InChI is InChI=1S/C17H25N3O/c1-19(2)17(21)14-7-8-15(18)16(9-14)20(10-12-3-4-12)11-13-5-6-13/h7-9,12-13H,3-6,10-11,18H2,1-2H3. The summed E-state index contributed by atoms with van der Waals surface area (Å²) in [6.07, 6.45) is 5.32. The zero-order valence-electron chi connectivity index (χ0n) is 13.0. The molecule has 0 bridgehead atoms. The van der Waals surface area contributed by atoms with E-state index in [0.29, 0.717) is 0 Å². The normalized spacial score (nSPS) is 17.6. The lowest BCUT2D eigenvalue weighted by atomic mass is 10.1. The number of carbonyl (C=O) groups is 1. The number of carbonyl (C=O) groups excluding carboxylic acids is 1. The largest absolute Gasteiger partial charge is 0.397 e. The van der Waals surface area contributed by atoms with Crippen LogP contribution in [0.4, 0.5) is 11.4 Å². The molecule has 2 saturated carbocycles. The Morgan fingerprint density at radius 3 is 2.19 bits per heavy atom. The molecule has 114 valence electrons. The van der Waals surface area contributed by atoms with Crippen LogP contribution >= 0.6 is 0 Å². The molecule has 0 spiro atoms. The van der Waals surface area contributed by atoms with Gasteiger partial charge in [0.05, 0.1) is 11.4 Å². The smallest absolute Gasteiger partial charge is 0.253 e. The van der Waals surface area contributed by atoms with Crippen LogP contribution in [0.1, 0.15) is 36.0 Å². The molecule has 0 aliphatic heterocycles. The molecule has 3 rings (SSSR count).